The molecule has 4 nitrogen and oxygen atoms in total. The second-order valence-electron chi connectivity index (χ2n) is 5.97. The molecule has 0 aliphatic carbocycles. The summed E-state index contributed by atoms with van der Waals surface area (Å²) in [6.07, 6.45) is 3.81. The van der Waals surface area contributed by atoms with Crippen molar-refractivity contribution in [1.29, 1.82) is 0 Å². The first-order chi connectivity index (χ1) is 12.5. The molecule has 0 aromatic heterocycles. The van der Waals surface area contributed by atoms with Gasteiger partial charge in [0.2, 0.25) is 0 Å². The molecule has 2 aromatic rings. The highest BCUT2D eigenvalue weighted by Crippen LogP contribution is 2.31. The highest BCUT2D eigenvalue weighted by atomic mass is 35.5. The maximum absolute atomic E-state index is 6.24. The Hall–Kier alpha value is -2.30. The zero-order chi connectivity index (χ0) is 18.7. The van der Waals surface area contributed by atoms with E-state index in [1.54, 1.807) is 14.2 Å². The number of hydrogen-bond donors (Lipinski definition) is 1. The highest BCUT2D eigenvalue weighted by molar-refractivity contribution is 6.31. The van der Waals surface area contributed by atoms with Gasteiger partial charge in [-0.25, -0.2) is 0 Å². The Morgan fingerprint density at radius 2 is 1.73 bits per heavy atom. The summed E-state index contributed by atoms with van der Waals surface area (Å²) < 4.78 is 10.7. The molecule has 0 saturated heterocycles. The fraction of sp³-hybridized carbons (Fsp3) is 0.200. The van der Waals surface area contributed by atoms with Crippen LogP contribution in [0.15, 0.2) is 53.7 Å². The van der Waals surface area contributed by atoms with Crippen molar-refractivity contribution >= 4 is 28.9 Å². The van der Waals surface area contributed by atoms with Crippen LogP contribution < -0.4 is 14.9 Å². The van der Waals surface area contributed by atoms with Gasteiger partial charge >= 0.3 is 0 Å². The lowest BCUT2D eigenvalue weighted by atomic mass is 10.1. The third-order valence-electron chi connectivity index (χ3n) is 4.05. The number of hydrogen-bond acceptors (Lipinski definition) is 4. The number of aryl methyl sites for hydroxylation is 1. The number of nitrogens with zero attached hydrogens (tertiary/aromatic N) is 1. The second-order valence-corrected chi connectivity index (χ2v) is 6.81. The Morgan fingerprint density at radius 1 is 0.962 bits per heavy atom. The van der Waals surface area contributed by atoms with Crippen molar-refractivity contribution in [2.45, 2.75) is 13.5 Å². The summed E-state index contributed by atoms with van der Waals surface area (Å²) >= 11 is 12.4. The van der Waals surface area contributed by atoms with E-state index >= 15 is 0 Å². The van der Waals surface area contributed by atoms with E-state index in [0.29, 0.717) is 28.2 Å². The summed E-state index contributed by atoms with van der Waals surface area (Å²) in [7, 11) is 3.25. The van der Waals surface area contributed by atoms with Crippen LogP contribution >= 0.6 is 23.2 Å². The summed E-state index contributed by atoms with van der Waals surface area (Å²) in [5.41, 5.74) is 7.34. The van der Waals surface area contributed by atoms with Gasteiger partial charge in [-0.05, 0) is 60.5 Å². The van der Waals surface area contributed by atoms with Crippen LogP contribution in [0, 0.1) is 6.92 Å². The molecule has 0 bridgehead atoms. The Morgan fingerprint density at radius 3 is 2.42 bits per heavy atom. The van der Waals surface area contributed by atoms with E-state index in [1.165, 1.54) is 0 Å². The third kappa shape index (κ3) is 4.09. The lowest BCUT2D eigenvalue weighted by Gasteiger charge is -2.31. The average molecular weight is 391 g/mol. The average Bonchev–Trinajstić information content (AvgIpc) is 2.61. The molecular formula is C20H20Cl2N2O2. The second kappa shape index (κ2) is 7.94. The minimum atomic E-state index is 0.549. The van der Waals surface area contributed by atoms with Crippen LogP contribution in [0.1, 0.15) is 16.7 Å². The van der Waals surface area contributed by atoms with Gasteiger partial charge in [0.05, 0.1) is 26.5 Å². The molecule has 0 saturated carbocycles. The fourth-order valence-electron chi connectivity index (χ4n) is 2.89. The normalized spacial score (nSPS) is 13.7. The molecule has 0 amide bonds. The largest absolute Gasteiger partial charge is 0.493 e. The molecule has 2 aromatic carbocycles. The van der Waals surface area contributed by atoms with E-state index in [4.69, 9.17) is 32.7 Å². The van der Waals surface area contributed by atoms with Gasteiger partial charge in [0, 0.05) is 10.6 Å². The Bertz CT molecular complexity index is 858. The summed E-state index contributed by atoms with van der Waals surface area (Å²) in [4.78, 5) is 0. The SMILES string of the molecule is COc1ccc(CN2NC(Cl)=CC=C2c2cc(C)cc(Cl)c2)cc1OC. The minimum absolute atomic E-state index is 0.549. The smallest absolute Gasteiger partial charge is 0.161 e. The summed E-state index contributed by atoms with van der Waals surface area (Å²) in [5, 5.41) is 3.23. The maximum atomic E-state index is 6.24. The fourth-order valence-corrected chi connectivity index (χ4v) is 3.35. The summed E-state index contributed by atoms with van der Waals surface area (Å²) in [5.74, 6) is 1.38. The molecule has 3 rings (SSSR count). The van der Waals surface area contributed by atoms with Crippen molar-refractivity contribution in [3.8, 4) is 11.5 Å². The quantitative estimate of drug-likeness (QED) is 0.719. The molecule has 26 heavy (non-hydrogen) atoms. The number of rotatable bonds is 5. The topological polar surface area (TPSA) is 33.7 Å². The molecular weight excluding hydrogens is 371 g/mol. The number of halogens is 2. The van der Waals surface area contributed by atoms with Crippen LogP contribution in [-0.2, 0) is 6.54 Å². The van der Waals surface area contributed by atoms with E-state index in [0.717, 1.165) is 22.4 Å². The van der Waals surface area contributed by atoms with E-state index in [2.05, 4.69) is 11.5 Å². The lowest BCUT2D eigenvalue weighted by Crippen LogP contribution is -2.36. The Balaban J connectivity index is 1.93. The van der Waals surface area contributed by atoms with Crippen LogP contribution in [0.5, 0.6) is 11.5 Å². The Labute approximate surface area is 163 Å². The van der Waals surface area contributed by atoms with Crippen LogP contribution in [-0.4, -0.2) is 19.2 Å². The lowest BCUT2D eigenvalue weighted by molar-refractivity contribution is 0.318. The molecule has 0 radical (unpaired) electrons. The van der Waals surface area contributed by atoms with Gasteiger partial charge in [-0.1, -0.05) is 29.3 Å². The minimum Gasteiger partial charge on any atom is -0.493 e. The van der Waals surface area contributed by atoms with Crippen molar-refractivity contribution in [2.75, 3.05) is 14.2 Å². The molecule has 0 fully saturated rings. The molecule has 0 atom stereocenters. The van der Waals surface area contributed by atoms with Gasteiger partial charge in [-0.2, -0.15) is 0 Å². The van der Waals surface area contributed by atoms with Crippen LogP contribution in [0.4, 0.5) is 0 Å². The van der Waals surface area contributed by atoms with Crippen molar-refractivity contribution in [1.82, 2.24) is 10.4 Å². The number of benzene rings is 2. The molecule has 0 spiro atoms. The van der Waals surface area contributed by atoms with Gasteiger partial charge < -0.3 is 9.47 Å². The molecule has 136 valence electrons. The van der Waals surface area contributed by atoms with Crippen LogP contribution in [0.2, 0.25) is 5.02 Å². The first-order valence-electron chi connectivity index (χ1n) is 8.10. The molecule has 0 unspecified atom stereocenters. The standard InChI is InChI=1S/C20H20Cl2N2O2/c1-13-8-15(11-16(21)9-13)17-5-7-20(22)23-24(17)12-14-4-6-18(25-2)19(10-14)26-3/h4-11,23H,12H2,1-3H3. The van der Waals surface area contributed by atoms with Crippen LogP contribution in [0.3, 0.4) is 0 Å². The van der Waals surface area contributed by atoms with Crippen LogP contribution in [0.25, 0.3) is 5.70 Å². The molecule has 6 heteroatoms. The molecule has 1 heterocycles. The van der Waals surface area contributed by atoms with Crippen molar-refractivity contribution in [3.05, 3.63) is 75.4 Å². The van der Waals surface area contributed by atoms with E-state index < -0.39 is 0 Å². The van der Waals surface area contributed by atoms with Crippen molar-refractivity contribution in [3.63, 3.8) is 0 Å². The van der Waals surface area contributed by atoms with E-state index in [1.807, 2.05) is 54.4 Å². The van der Waals surface area contributed by atoms with E-state index in [9.17, 15) is 0 Å². The van der Waals surface area contributed by atoms with Gasteiger partial charge in [-0.15, -0.1) is 0 Å². The van der Waals surface area contributed by atoms with Gasteiger partial charge in [-0.3, -0.25) is 10.4 Å². The zero-order valence-electron chi connectivity index (χ0n) is 14.8. The van der Waals surface area contributed by atoms with Gasteiger partial charge in [0.15, 0.2) is 11.5 Å². The molecule has 1 aliphatic heterocycles. The first-order valence-corrected chi connectivity index (χ1v) is 8.86. The summed E-state index contributed by atoms with van der Waals surface area (Å²) in [6, 6.07) is 11.8. The van der Waals surface area contributed by atoms with E-state index in [-0.39, 0.29) is 0 Å². The highest BCUT2D eigenvalue weighted by Gasteiger charge is 2.18. The zero-order valence-corrected chi connectivity index (χ0v) is 16.4. The van der Waals surface area contributed by atoms with Crippen molar-refractivity contribution in [2.24, 2.45) is 0 Å². The molecule has 1 N–H and O–H groups in total. The maximum Gasteiger partial charge on any atom is 0.161 e. The number of hydrazine groups is 1. The predicted molar refractivity (Wildman–Crippen MR) is 106 cm³/mol. The number of ether oxygens (including phenoxy) is 2. The number of methoxy groups -OCH3 is 2. The first kappa shape index (κ1) is 18.5. The van der Waals surface area contributed by atoms with Gasteiger partial charge in [0.1, 0.15) is 5.16 Å². The third-order valence-corrected chi connectivity index (χ3v) is 4.48. The van der Waals surface area contributed by atoms with Crippen molar-refractivity contribution < 1.29 is 9.47 Å². The predicted octanol–water partition coefficient (Wildman–Crippen LogP) is 5.11. The Kier molecular flexibility index (Phi) is 5.64. The summed E-state index contributed by atoms with van der Waals surface area (Å²) in [6.45, 7) is 2.61. The number of allylic oxidation sites excluding steroid dienone is 2. The molecule has 1 aliphatic rings. The monoisotopic (exact) mass is 390 g/mol. The number of nitrogens with one attached hydrogen (secondary N) is 1. The van der Waals surface area contributed by atoms with Gasteiger partial charge in [0.25, 0.3) is 0 Å².